The van der Waals surface area contributed by atoms with E-state index in [4.69, 9.17) is 22.3 Å². The maximum absolute atomic E-state index is 8.74. The normalized spacial score (nSPS) is 9.09. The molecule has 0 aromatic heterocycles. The fourth-order valence-corrected chi connectivity index (χ4v) is 0.204. The molecule has 0 spiro atoms. The predicted molar refractivity (Wildman–Crippen MR) is 37.5 cm³/mol. The van der Waals surface area contributed by atoms with E-state index >= 15 is 0 Å². The van der Waals surface area contributed by atoms with E-state index in [0.29, 0.717) is 0 Å². The zero-order valence-electron chi connectivity index (χ0n) is 7.94. The first-order valence-electron chi connectivity index (χ1n) is 2.69. The van der Waals surface area contributed by atoms with Gasteiger partial charge in [-0.15, -0.1) is 0 Å². The Labute approximate surface area is 90.5 Å². The molecule has 11 heavy (non-hydrogen) atoms. The Morgan fingerprint density at radius 3 is 1.45 bits per heavy atom. The van der Waals surface area contributed by atoms with Crippen molar-refractivity contribution in [2.24, 2.45) is 0 Å². The van der Waals surface area contributed by atoms with Crippen molar-refractivity contribution in [3.63, 3.8) is 0 Å². The molecule has 0 atom stereocenters. The van der Waals surface area contributed by atoms with Crippen LogP contribution in [0.1, 0.15) is 15.3 Å². The Kier molecular flexibility index (Phi) is 17.5. The van der Waals surface area contributed by atoms with Gasteiger partial charge in [-0.3, -0.25) is 9.11 Å². The van der Waals surface area contributed by atoms with Gasteiger partial charge < -0.3 is 6.16 Å². The molecule has 7 heteroatoms. The van der Waals surface area contributed by atoms with Crippen molar-refractivity contribution in [1.29, 1.82) is 0 Å². The van der Waals surface area contributed by atoms with Gasteiger partial charge in [-0.05, 0) is 13.8 Å². The number of hydrogen-bond acceptors (Lipinski definition) is 3. The minimum absolute atomic E-state index is 0. The molecule has 0 aliphatic heterocycles. The molecule has 0 amide bonds. The van der Waals surface area contributed by atoms with E-state index in [1.54, 1.807) is 0 Å². The average Bonchev–Trinajstić information content (AvgIpc) is 1.63. The zero-order chi connectivity index (χ0) is 8.62. The van der Waals surface area contributed by atoms with Crippen LogP contribution in [0.5, 0.6) is 0 Å². The molecule has 66 valence electrons. The van der Waals surface area contributed by atoms with Crippen LogP contribution in [0.15, 0.2) is 0 Å². The molecule has 0 aromatic rings. The van der Waals surface area contributed by atoms with Gasteiger partial charge >= 0.3 is 40.0 Å². The van der Waals surface area contributed by atoms with Gasteiger partial charge in [0.1, 0.15) is 0 Å². The van der Waals surface area contributed by atoms with Crippen molar-refractivity contribution < 1.29 is 53.2 Å². The van der Waals surface area contributed by atoms with E-state index < -0.39 is 10.4 Å². The van der Waals surface area contributed by atoms with E-state index in [2.05, 4.69) is 0 Å². The van der Waals surface area contributed by atoms with Gasteiger partial charge in [0, 0.05) is 13.2 Å². The van der Waals surface area contributed by atoms with Gasteiger partial charge in [-0.2, -0.15) is 8.42 Å². The molecule has 5 nitrogen and oxygen atoms in total. The van der Waals surface area contributed by atoms with Crippen molar-refractivity contribution in [2.45, 2.75) is 13.8 Å². The van der Waals surface area contributed by atoms with Crippen molar-refractivity contribution >= 4 is 10.4 Å². The molecule has 0 aliphatic carbocycles. The van der Waals surface area contributed by atoms with E-state index in [9.17, 15) is 0 Å². The minimum Gasteiger partial charge on any atom is -1.00 e. The first kappa shape index (κ1) is 17.8. The van der Waals surface area contributed by atoms with Crippen LogP contribution in [0.2, 0.25) is 0 Å². The smallest absolute Gasteiger partial charge is 1.00 e. The predicted octanol–water partition coefficient (Wildman–Crippen LogP) is -2.49. The first-order valence-corrected chi connectivity index (χ1v) is 4.09. The Balaban J connectivity index is -0.0000000457. The van der Waals surface area contributed by atoms with Gasteiger partial charge in [0.15, 0.2) is 0 Å². The molecule has 0 bridgehead atoms. The summed E-state index contributed by atoms with van der Waals surface area (Å²) in [6.45, 7) is 5.67. The molecule has 0 rings (SSSR count). The van der Waals surface area contributed by atoms with Crippen LogP contribution >= 0.6 is 0 Å². The second kappa shape index (κ2) is 10.8. The van der Waals surface area contributed by atoms with E-state index in [1.165, 1.54) is 0 Å². The standard InChI is InChI=1S/C4H10O.Na.H2O4S.H/c1-3-5-4-2;;1-5(2,3)4;/h3-4H2,1-2H3;;(H2,1,2,3,4);/q;+1;;-1. The van der Waals surface area contributed by atoms with Crippen molar-refractivity contribution in [2.75, 3.05) is 13.2 Å². The monoisotopic (exact) mass is 196 g/mol. The molecule has 0 saturated carbocycles. The topological polar surface area (TPSA) is 83.8 Å². The van der Waals surface area contributed by atoms with Crippen LogP contribution in [-0.4, -0.2) is 30.7 Å². The molecule has 0 radical (unpaired) electrons. The summed E-state index contributed by atoms with van der Waals surface area (Å²) >= 11 is 0. The Bertz CT molecular complexity index is 138. The minimum atomic E-state index is -4.67. The third kappa shape index (κ3) is 105. The van der Waals surface area contributed by atoms with Crippen molar-refractivity contribution in [1.82, 2.24) is 0 Å². The van der Waals surface area contributed by atoms with Crippen molar-refractivity contribution in [3.05, 3.63) is 0 Å². The first-order chi connectivity index (χ1) is 4.41. The van der Waals surface area contributed by atoms with Gasteiger partial charge in [0.05, 0.1) is 0 Å². The number of hydrogen-bond donors (Lipinski definition) is 2. The van der Waals surface area contributed by atoms with E-state index in [0.717, 1.165) is 13.2 Å². The summed E-state index contributed by atoms with van der Waals surface area (Å²) in [4.78, 5) is 0. The third-order valence-corrected chi connectivity index (χ3v) is 0.408. The van der Waals surface area contributed by atoms with Crippen LogP contribution in [0.25, 0.3) is 0 Å². The largest absolute Gasteiger partial charge is 1.00 e. The quantitative estimate of drug-likeness (QED) is 0.377. The summed E-state index contributed by atoms with van der Waals surface area (Å²) in [5, 5.41) is 0. The molecule has 0 heterocycles. The zero-order valence-corrected chi connectivity index (χ0v) is 9.76. The number of ether oxygens (including phenoxy) is 1. The maximum atomic E-state index is 8.74. The molecule has 0 aliphatic rings. The second-order valence-electron chi connectivity index (χ2n) is 1.23. The van der Waals surface area contributed by atoms with Crippen LogP contribution in [-0.2, 0) is 15.1 Å². The summed E-state index contributed by atoms with van der Waals surface area (Å²) in [6.07, 6.45) is 0. The van der Waals surface area contributed by atoms with Gasteiger partial charge in [-0.1, -0.05) is 0 Å². The molecular weight excluding hydrogens is 183 g/mol. The molecular formula is C4H13NaO5S. The fourth-order valence-electron chi connectivity index (χ4n) is 0.204. The van der Waals surface area contributed by atoms with Crippen LogP contribution < -0.4 is 29.6 Å². The van der Waals surface area contributed by atoms with Gasteiger partial charge in [0.2, 0.25) is 0 Å². The maximum Gasteiger partial charge on any atom is 1.00 e. The molecule has 0 saturated heterocycles. The molecule has 0 unspecified atom stereocenters. The summed E-state index contributed by atoms with van der Waals surface area (Å²) < 4.78 is 36.4. The fraction of sp³-hybridized carbons (Fsp3) is 1.00. The summed E-state index contributed by atoms with van der Waals surface area (Å²) in [5.74, 6) is 0. The SMILES string of the molecule is CCOCC.O=S(=O)(O)O.[H-].[Na+]. The van der Waals surface area contributed by atoms with Crippen LogP contribution in [0.3, 0.4) is 0 Å². The molecule has 0 fully saturated rings. The third-order valence-electron chi connectivity index (χ3n) is 0.408. The van der Waals surface area contributed by atoms with Crippen LogP contribution in [0.4, 0.5) is 0 Å². The summed E-state index contributed by atoms with van der Waals surface area (Å²) in [6, 6.07) is 0. The molecule has 0 aromatic carbocycles. The second-order valence-corrected chi connectivity index (χ2v) is 2.12. The Morgan fingerprint density at radius 1 is 1.27 bits per heavy atom. The van der Waals surface area contributed by atoms with E-state index in [-0.39, 0.29) is 31.0 Å². The Morgan fingerprint density at radius 2 is 1.45 bits per heavy atom. The van der Waals surface area contributed by atoms with Gasteiger partial charge in [-0.25, -0.2) is 0 Å². The van der Waals surface area contributed by atoms with E-state index in [1.807, 2.05) is 13.8 Å². The summed E-state index contributed by atoms with van der Waals surface area (Å²) in [7, 11) is -4.67. The Hall–Kier alpha value is 0.830. The summed E-state index contributed by atoms with van der Waals surface area (Å²) in [5.41, 5.74) is 0. The average molecular weight is 196 g/mol. The molecule has 2 N–H and O–H groups in total. The van der Waals surface area contributed by atoms with Crippen molar-refractivity contribution in [3.8, 4) is 0 Å². The van der Waals surface area contributed by atoms with Gasteiger partial charge in [0.25, 0.3) is 0 Å². The van der Waals surface area contributed by atoms with Crippen LogP contribution in [0, 0.1) is 0 Å². The number of rotatable bonds is 2.